The molecule has 1 amide bonds. The molecular formula is C29H34N8O2. The summed E-state index contributed by atoms with van der Waals surface area (Å²) in [6.45, 7) is 8.02. The minimum absolute atomic E-state index is 0.0805. The zero-order valence-electron chi connectivity index (χ0n) is 22.6. The SMILES string of the molecule is C#CCNC(=O)c1cnc(Nc2ccc(N3CCN(C)CC3)c(C)c2)nc1Nc1ccc2c(n1)C(C)(O)CC2. The van der Waals surface area contributed by atoms with Crippen molar-refractivity contribution in [2.75, 3.05) is 55.3 Å². The van der Waals surface area contributed by atoms with Crippen LogP contribution in [0.2, 0.25) is 0 Å². The molecule has 0 radical (unpaired) electrons. The number of aryl methyl sites for hydroxylation is 2. The molecule has 1 fully saturated rings. The molecule has 3 heterocycles. The van der Waals surface area contributed by atoms with Crippen LogP contribution in [0.3, 0.4) is 0 Å². The van der Waals surface area contributed by atoms with Gasteiger partial charge in [-0.15, -0.1) is 6.42 Å². The summed E-state index contributed by atoms with van der Waals surface area (Å²) in [4.78, 5) is 31.2. The van der Waals surface area contributed by atoms with E-state index in [-0.39, 0.29) is 17.9 Å². The van der Waals surface area contributed by atoms with Gasteiger partial charge in [-0.1, -0.05) is 12.0 Å². The number of piperazine rings is 1. The van der Waals surface area contributed by atoms with Crippen LogP contribution in [0.15, 0.2) is 36.5 Å². The lowest BCUT2D eigenvalue weighted by Gasteiger charge is -2.35. The van der Waals surface area contributed by atoms with E-state index >= 15 is 0 Å². The standard InChI is InChI=1S/C29H34N8O2/c1-5-12-30-27(38)22-18-31-28(32-21-7-8-23(19(2)17-21)37-15-13-36(4)14-16-37)35-26(22)34-24-9-6-20-10-11-29(3,39)25(20)33-24/h1,6-9,17-18,39H,10-16H2,2-4H3,(H,30,38)(H2,31,32,33,34,35). The van der Waals surface area contributed by atoms with Crippen LogP contribution >= 0.6 is 0 Å². The molecule has 1 aliphatic carbocycles. The molecule has 2 aromatic heterocycles. The largest absolute Gasteiger partial charge is 0.384 e. The molecule has 4 N–H and O–H groups in total. The van der Waals surface area contributed by atoms with Crippen LogP contribution in [-0.2, 0) is 12.0 Å². The highest BCUT2D eigenvalue weighted by molar-refractivity contribution is 5.99. The number of fused-ring (bicyclic) bond motifs is 1. The number of hydrogen-bond donors (Lipinski definition) is 4. The quantitative estimate of drug-likeness (QED) is 0.345. The second-order valence-corrected chi connectivity index (χ2v) is 10.4. The van der Waals surface area contributed by atoms with Crippen molar-refractivity contribution in [1.82, 2.24) is 25.2 Å². The summed E-state index contributed by atoms with van der Waals surface area (Å²) in [6, 6.07) is 9.95. The van der Waals surface area contributed by atoms with Crippen LogP contribution < -0.4 is 20.9 Å². The molecule has 1 saturated heterocycles. The summed E-state index contributed by atoms with van der Waals surface area (Å²) < 4.78 is 0. The van der Waals surface area contributed by atoms with Crippen LogP contribution in [-0.4, -0.2) is 70.6 Å². The van der Waals surface area contributed by atoms with Crippen molar-refractivity contribution in [3.63, 3.8) is 0 Å². The van der Waals surface area contributed by atoms with Gasteiger partial charge in [-0.05, 0) is 69.1 Å². The number of benzene rings is 1. The highest BCUT2D eigenvalue weighted by Crippen LogP contribution is 2.36. The predicted octanol–water partition coefficient (Wildman–Crippen LogP) is 2.94. The van der Waals surface area contributed by atoms with Gasteiger partial charge in [0, 0.05) is 43.8 Å². The molecular weight excluding hydrogens is 492 g/mol. The van der Waals surface area contributed by atoms with Gasteiger partial charge in [-0.25, -0.2) is 9.97 Å². The fourth-order valence-electron chi connectivity index (χ4n) is 5.04. The number of likely N-dealkylation sites (N-methyl/N-ethyl adjacent to an activating group) is 1. The zero-order chi connectivity index (χ0) is 27.6. The van der Waals surface area contributed by atoms with E-state index in [2.05, 4.69) is 72.7 Å². The number of carbonyl (C=O) groups excluding carboxylic acids is 1. The van der Waals surface area contributed by atoms with Gasteiger partial charge in [0.25, 0.3) is 5.91 Å². The monoisotopic (exact) mass is 526 g/mol. The number of nitrogens with zero attached hydrogens (tertiary/aromatic N) is 5. The van der Waals surface area contributed by atoms with Crippen molar-refractivity contribution in [3.8, 4) is 12.3 Å². The van der Waals surface area contributed by atoms with Crippen LogP contribution in [0.4, 0.5) is 29.0 Å². The van der Waals surface area contributed by atoms with E-state index in [1.807, 2.05) is 18.2 Å². The number of amides is 1. The Bertz CT molecular complexity index is 1420. The molecule has 0 saturated carbocycles. The van der Waals surface area contributed by atoms with Crippen LogP contribution in [0.25, 0.3) is 0 Å². The van der Waals surface area contributed by atoms with Crippen LogP contribution in [0, 0.1) is 19.3 Å². The number of rotatable bonds is 7. The molecule has 1 aromatic carbocycles. The maximum absolute atomic E-state index is 12.8. The van der Waals surface area contributed by atoms with Gasteiger partial charge in [-0.3, -0.25) is 4.79 Å². The van der Waals surface area contributed by atoms with E-state index in [0.717, 1.165) is 49.4 Å². The van der Waals surface area contributed by atoms with Gasteiger partial charge < -0.3 is 30.9 Å². The first-order valence-corrected chi connectivity index (χ1v) is 13.1. The smallest absolute Gasteiger partial charge is 0.257 e. The van der Waals surface area contributed by atoms with E-state index in [1.54, 1.807) is 6.92 Å². The minimum Gasteiger partial charge on any atom is -0.384 e. The number of pyridine rings is 1. The van der Waals surface area contributed by atoms with E-state index in [1.165, 1.54) is 11.9 Å². The highest BCUT2D eigenvalue weighted by Gasteiger charge is 2.34. The number of hydrogen-bond acceptors (Lipinski definition) is 9. The summed E-state index contributed by atoms with van der Waals surface area (Å²) in [7, 11) is 2.15. The Morgan fingerprint density at radius 2 is 1.95 bits per heavy atom. The van der Waals surface area contributed by atoms with Gasteiger partial charge in [-0.2, -0.15) is 4.98 Å². The summed E-state index contributed by atoms with van der Waals surface area (Å²) in [6.07, 6.45) is 8.16. The third-order valence-electron chi connectivity index (χ3n) is 7.30. The van der Waals surface area contributed by atoms with Gasteiger partial charge in [0.05, 0.1) is 12.2 Å². The van der Waals surface area contributed by atoms with E-state index in [9.17, 15) is 9.90 Å². The fraction of sp³-hybridized carbons (Fsp3) is 0.379. The molecule has 0 spiro atoms. The van der Waals surface area contributed by atoms with Crippen molar-refractivity contribution in [1.29, 1.82) is 0 Å². The van der Waals surface area contributed by atoms with E-state index in [0.29, 0.717) is 23.9 Å². The van der Waals surface area contributed by atoms with Crippen molar-refractivity contribution < 1.29 is 9.90 Å². The lowest BCUT2D eigenvalue weighted by Crippen LogP contribution is -2.44. The lowest BCUT2D eigenvalue weighted by atomic mass is 10.0. The van der Waals surface area contributed by atoms with Gasteiger partial charge in [0.15, 0.2) is 0 Å². The third-order valence-corrected chi connectivity index (χ3v) is 7.30. The van der Waals surface area contributed by atoms with Crippen molar-refractivity contribution in [3.05, 3.63) is 58.9 Å². The maximum atomic E-state index is 12.8. The lowest BCUT2D eigenvalue weighted by molar-refractivity contribution is 0.0555. The number of terminal acetylenes is 1. The molecule has 39 heavy (non-hydrogen) atoms. The van der Waals surface area contributed by atoms with E-state index in [4.69, 9.17) is 6.42 Å². The number of carbonyl (C=O) groups is 1. The fourth-order valence-corrected chi connectivity index (χ4v) is 5.04. The average Bonchev–Trinajstić information content (AvgIpc) is 3.22. The summed E-state index contributed by atoms with van der Waals surface area (Å²) >= 11 is 0. The summed E-state index contributed by atoms with van der Waals surface area (Å²) in [5.74, 6) is 3.07. The van der Waals surface area contributed by atoms with Crippen LogP contribution in [0.1, 0.15) is 40.5 Å². The Morgan fingerprint density at radius 3 is 2.69 bits per heavy atom. The molecule has 0 bridgehead atoms. The maximum Gasteiger partial charge on any atom is 0.257 e. The molecule has 3 aromatic rings. The first kappa shape index (κ1) is 26.4. The van der Waals surface area contributed by atoms with Crippen molar-refractivity contribution in [2.24, 2.45) is 0 Å². The molecule has 1 aliphatic heterocycles. The molecule has 10 nitrogen and oxygen atoms in total. The molecule has 5 rings (SSSR count). The Labute approximate surface area is 228 Å². The highest BCUT2D eigenvalue weighted by atomic mass is 16.3. The predicted molar refractivity (Wildman–Crippen MR) is 153 cm³/mol. The van der Waals surface area contributed by atoms with Crippen molar-refractivity contribution >= 4 is 34.9 Å². The minimum atomic E-state index is -0.993. The Morgan fingerprint density at radius 1 is 1.15 bits per heavy atom. The Balaban J connectivity index is 1.40. The first-order valence-electron chi connectivity index (χ1n) is 13.1. The second-order valence-electron chi connectivity index (χ2n) is 10.4. The number of nitrogens with one attached hydrogen (secondary N) is 3. The Kier molecular flexibility index (Phi) is 7.37. The molecule has 1 atom stereocenters. The zero-order valence-corrected chi connectivity index (χ0v) is 22.6. The topological polar surface area (TPSA) is 119 Å². The molecule has 2 aliphatic rings. The number of anilines is 5. The van der Waals surface area contributed by atoms with Gasteiger partial charge >= 0.3 is 0 Å². The van der Waals surface area contributed by atoms with Gasteiger partial charge in [0.1, 0.15) is 22.8 Å². The molecule has 10 heteroatoms. The second kappa shape index (κ2) is 10.9. The summed E-state index contributed by atoms with van der Waals surface area (Å²) in [5.41, 5.74) is 4.09. The Hall–Kier alpha value is -4.20. The number of aromatic nitrogens is 3. The van der Waals surface area contributed by atoms with E-state index < -0.39 is 11.5 Å². The average molecular weight is 527 g/mol. The number of aliphatic hydroxyl groups is 1. The molecule has 1 unspecified atom stereocenters. The third kappa shape index (κ3) is 5.79. The van der Waals surface area contributed by atoms with Crippen molar-refractivity contribution in [2.45, 2.75) is 32.3 Å². The van der Waals surface area contributed by atoms with Gasteiger partial charge in [0.2, 0.25) is 5.95 Å². The first-order chi connectivity index (χ1) is 18.7. The molecule has 202 valence electrons. The normalized spacial score (nSPS) is 18.8. The van der Waals surface area contributed by atoms with Crippen LogP contribution in [0.5, 0.6) is 0 Å². The summed E-state index contributed by atoms with van der Waals surface area (Å²) in [5, 5.41) is 19.8.